The third-order valence-electron chi connectivity index (χ3n) is 4.06. The Kier molecular flexibility index (Phi) is 5.62. The van der Waals surface area contributed by atoms with Crippen molar-refractivity contribution in [3.05, 3.63) is 53.3 Å². The van der Waals surface area contributed by atoms with E-state index in [4.69, 9.17) is 0 Å². The first-order chi connectivity index (χ1) is 11.7. The summed E-state index contributed by atoms with van der Waals surface area (Å²) in [5.41, 5.74) is 2.01. The maximum Gasteiger partial charge on any atom is 0.308 e. The van der Waals surface area contributed by atoms with E-state index in [0.717, 1.165) is 11.3 Å². The molecule has 0 aliphatic heterocycles. The summed E-state index contributed by atoms with van der Waals surface area (Å²) in [6, 6.07) is 11.1. The lowest BCUT2D eigenvalue weighted by atomic mass is 9.92. The Balaban J connectivity index is 2.04. The molecule has 6 nitrogen and oxygen atoms in total. The summed E-state index contributed by atoms with van der Waals surface area (Å²) in [4.78, 5) is 23.9. The van der Waals surface area contributed by atoms with Crippen LogP contribution in [-0.2, 0) is 23.7 Å². The van der Waals surface area contributed by atoms with Crippen molar-refractivity contribution in [1.82, 2.24) is 15.1 Å². The van der Waals surface area contributed by atoms with Gasteiger partial charge in [0.1, 0.15) is 5.69 Å². The first kappa shape index (κ1) is 18.7. The van der Waals surface area contributed by atoms with Gasteiger partial charge in [0.2, 0.25) is 0 Å². The van der Waals surface area contributed by atoms with E-state index in [1.807, 2.05) is 51.1 Å². The highest BCUT2D eigenvalue weighted by molar-refractivity contribution is 5.93. The Morgan fingerprint density at radius 2 is 1.88 bits per heavy atom. The van der Waals surface area contributed by atoms with E-state index in [2.05, 4.69) is 10.4 Å². The van der Waals surface area contributed by atoms with Crippen molar-refractivity contribution in [1.29, 1.82) is 0 Å². The molecule has 134 valence electrons. The molecule has 0 fully saturated rings. The smallest absolute Gasteiger partial charge is 0.308 e. The zero-order valence-electron chi connectivity index (χ0n) is 15.1. The average molecular weight is 343 g/mol. The van der Waals surface area contributed by atoms with Gasteiger partial charge in [0.25, 0.3) is 5.91 Å². The molecule has 25 heavy (non-hydrogen) atoms. The van der Waals surface area contributed by atoms with Crippen LogP contribution in [0.3, 0.4) is 0 Å². The van der Waals surface area contributed by atoms with Crippen molar-refractivity contribution in [2.24, 2.45) is 13.0 Å². The predicted octanol–water partition coefficient (Wildman–Crippen LogP) is 2.39. The summed E-state index contributed by atoms with van der Waals surface area (Å²) in [5.74, 6) is -1.92. The van der Waals surface area contributed by atoms with Gasteiger partial charge in [-0.05, 0) is 18.1 Å². The Morgan fingerprint density at radius 1 is 1.24 bits per heavy atom. The minimum absolute atomic E-state index is 0.0685. The topological polar surface area (TPSA) is 84.2 Å². The van der Waals surface area contributed by atoms with Crippen molar-refractivity contribution in [2.45, 2.75) is 32.6 Å². The maximum atomic E-state index is 12.4. The van der Waals surface area contributed by atoms with Crippen molar-refractivity contribution in [3.8, 4) is 0 Å². The van der Waals surface area contributed by atoms with Crippen LogP contribution in [0.2, 0.25) is 0 Å². The normalized spacial score (nSPS) is 12.6. The second-order valence-electron chi connectivity index (χ2n) is 7.22. The number of hydrogen-bond acceptors (Lipinski definition) is 3. The second kappa shape index (κ2) is 7.51. The van der Waals surface area contributed by atoms with E-state index < -0.39 is 11.9 Å². The minimum atomic E-state index is -0.926. The zero-order valence-corrected chi connectivity index (χ0v) is 15.1. The van der Waals surface area contributed by atoms with Crippen LogP contribution in [0.5, 0.6) is 0 Å². The fraction of sp³-hybridized carbons (Fsp3) is 0.421. The van der Waals surface area contributed by atoms with Crippen molar-refractivity contribution >= 4 is 11.9 Å². The molecule has 0 aliphatic rings. The number of aryl methyl sites for hydroxylation is 1. The summed E-state index contributed by atoms with van der Waals surface area (Å²) in [7, 11) is 1.71. The number of hydrogen-bond donors (Lipinski definition) is 2. The number of nitrogens with zero attached hydrogens (tertiary/aromatic N) is 2. The van der Waals surface area contributed by atoms with Crippen LogP contribution < -0.4 is 5.32 Å². The molecule has 0 bridgehead atoms. The first-order valence-electron chi connectivity index (χ1n) is 8.28. The van der Waals surface area contributed by atoms with Gasteiger partial charge in [0.15, 0.2) is 0 Å². The van der Waals surface area contributed by atoms with E-state index >= 15 is 0 Å². The standard InChI is InChI=1S/C19H25N3O3/c1-19(2,3)16-11-15(22(4)21-16)17(23)20-12-14(18(24)25)10-13-8-6-5-7-9-13/h5-9,11,14H,10,12H2,1-4H3,(H,20,23)(H,24,25). The van der Waals surface area contributed by atoms with Gasteiger partial charge in [0.05, 0.1) is 11.6 Å². The molecule has 0 saturated carbocycles. The fourth-order valence-corrected chi connectivity index (χ4v) is 2.50. The molecule has 2 rings (SSSR count). The van der Waals surface area contributed by atoms with Crippen molar-refractivity contribution in [2.75, 3.05) is 6.54 Å². The van der Waals surface area contributed by atoms with Crippen LogP contribution >= 0.6 is 0 Å². The molecule has 0 spiro atoms. The molecule has 0 saturated heterocycles. The maximum absolute atomic E-state index is 12.4. The van der Waals surface area contributed by atoms with Gasteiger partial charge in [-0.1, -0.05) is 51.1 Å². The van der Waals surface area contributed by atoms with E-state index in [9.17, 15) is 14.7 Å². The quantitative estimate of drug-likeness (QED) is 0.843. The molecule has 1 aromatic heterocycles. The number of carboxylic acids is 1. The summed E-state index contributed by atoms with van der Waals surface area (Å²) >= 11 is 0. The van der Waals surface area contributed by atoms with Crippen LogP contribution in [0.4, 0.5) is 0 Å². The van der Waals surface area contributed by atoms with Crippen LogP contribution in [0.15, 0.2) is 36.4 Å². The van der Waals surface area contributed by atoms with E-state index in [0.29, 0.717) is 12.1 Å². The lowest BCUT2D eigenvalue weighted by Crippen LogP contribution is -2.34. The third-order valence-corrected chi connectivity index (χ3v) is 4.06. The van der Waals surface area contributed by atoms with Crippen molar-refractivity contribution < 1.29 is 14.7 Å². The zero-order chi connectivity index (χ0) is 18.6. The van der Waals surface area contributed by atoms with Gasteiger partial charge in [-0.2, -0.15) is 5.10 Å². The molecule has 2 N–H and O–H groups in total. The van der Waals surface area contributed by atoms with E-state index in [-0.39, 0.29) is 17.9 Å². The molecule has 0 aliphatic carbocycles. The Hall–Kier alpha value is -2.63. The molecule has 1 aromatic carbocycles. The number of nitrogens with one attached hydrogen (secondary N) is 1. The Labute approximate surface area is 147 Å². The molecular formula is C19H25N3O3. The number of benzene rings is 1. The SMILES string of the molecule is Cn1nc(C(C)(C)C)cc1C(=O)NCC(Cc1ccccc1)C(=O)O. The van der Waals surface area contributed by atoms with Gasteiger partial charge in [-0.3, -0.25) is 14.3 Å². The number of carbonyl (C=O) groups excluding carboxylic acids is 1. The number of amides is 1. The summed E-state index contributed by atoms with van der Waals surface area (Å²) < 4.78 is 1.53. The monoisotopic (exact) mass is 343 g/mol. The predicted molar refractivity (Wildman–Crippen MR) is 95.5 cm³/mol. The average Bonchev–Trinajstić information content (AvgIpc) is 2.94. The molecule has 1 heterocycles. The number of aromatic nitrogens is 2. The van der Waals surface area contributed by atoms with Gasteiger partial charge < -0.3 is 10.4 Å². The first-order valence-corrected chi connectivity index (χ1v) is 8.28. The number of rotatable bonds is 6. The molecule has 1 atom stereocenters. The van der Waals surface area contributed by atoms with E-state index in [1.165, 1.54) is 4.68 Å². The molecule has 0 radical (unpaired) electrons. The summed E-state index contributed by atoms with van der Waals surface area (Å²) in [5, 5.41) is 16.5. The van der Waals surface area contributed by atoms with Gasteiger partial charge in [-0.25, -0.2) is 0 Å². The summed E-state index contributed by atoms with van der Waals surface area (Å²) in [6.45, 7) is 6.14. The largest absolute Gasteiger partial charge is 0.481 e. The second-order valence-corrected chi connectivity index (χ2v) is 7.22. The van der Waals surface area contributed by atoms with Crippen molar-refractivity contribution in [3.63, 3.8) is 0 Å². The highest BCUT2D eigenvalue weighted by Gasteiger charge is 2.23. The molecule has 6 heteroatoms. The van der Waals surface area contributed by atoms with Crippen LogP contribution in [-0.4, -0.2) is 33.3 Å². The van der Waals surface area contributed by atoms with Gasteiger partial charge in [0, 0.05) is 19.0 Å². The third kappa shape index (κ3) is 4.92. The summed E-state index contributed by atoms with van der Waals surface area (Å²) in [6.07, 6.45) is 0.370. The fourth-order valence-electron chi connectivity index (χ4n) is 2.50. The molecule has 2 aromatic rings. The van der Waals surface area contributed by atoms with Gasteiger partial charge in [-0.15, -0.1) is 0 Å². The highest BCUT2D eigenvalue weighted by Crippen LogP contribution is 2.21. The Bertz CT molecular complexity index is 745. The van der Waals surface area contributed by atoms with Crippen LogP contribution in [0.1, 0.15) is 42.5 Å². The van der Waals surface area contributed by atoms with Crippen LogP contribution in [0, 0.1) is 5.92 Å². The number of carboxylic acid groups (broad SMARTS) is 1. The minimum Gasteiger partial charge on any atom is -0.481 e. The lowest BCUT2D eigenvalue weighted by molar-refractivity contribution is -0.141. The lowest BCUT2D eigenvalue weighted by Gasteiger charge is -2.14. The van der Waals surface area contributed by atoms with E-state index in [1.54, 1.807) is 13.1 Å². The number of carbonyl (C=O) groups is 2. The van der Waals surface area contributed by atoms with Gasteiger partial charge >= 0.3 is 5.97 Å². The van der Waals surface area contributed by atoms with Crippen LogP contribution in [0.25, 0.3) is 0 Å². The number of aliphatic carboxylic acids is 1. The molecular weight excluding hydrogens is 318 g/mol. The highest BCUT2D eigenvalue weighted by atomic mass is 16.4. The Morgan fingerprint density at radius 3 is 2.40 bits per heavy atom. The molecule has 1 amide bonds. The molecule has 1 unspecified atom stereocenters.